The Hall–Kier alpha value is -2.19. The number of allylic oxidation sites excluding steroid dienone is 1. The molecule has 3 aliphatic rings. The number of aliphatic hydroxyl groups excluding tert-OH is 1. The van der Waals surface area contributed by atoms with Gasteiger partial charge in [0.25, 0.3) is 0 Å². The maximum absolute atomic E-state index is 14.5. The second kappa shape index (κ2) is 11.9. The van der Waals surface area contributed by atoms with Crippen LogP contribution in [0.4, 0.5) is 0 Å². The molecule has 1 spiro atoms. The first-order valence-electron chi connectivity index (χ1n) is 14.1. The van der Waals surface area contributed by atoms with Crippen molar-refractivity contribution >= 4 is 17.8 Å². The molecular formula is C30H48N2O6. The number of fused-ring (bicyclic) bond motifs is 1. The van der Waals surface area contributed by atoms with Gasteiger partial charge in [-0.15, -0.1) is 13.2 Å². The summed E-state index contributed by atoms with van der Waals surface area (Å²) in [6, 6.07) is -0.860. The Labute approximate surface area is 228 Å². The van der Waals surface area contributed by atoms with Gasteiger partial charge in [0.2, 0.25) is 11.8 Å². The first-order chi connectivity index (χ1) is 17.8. The molecule has 1 N–H and O–H groups in total. The maximum Gasteiger partial charge on any atom is 0.312 e. The molecule has 2 bridgehead atoms. The molecule has 8 heteroatoms. The lowest BCUT2D eigenvalue weighted by molar-refractivity contribution is -0.156. The molecule has 2 unspecified atom stereocenters. The molecule has 214 valence electrons. The van der Waals surface area contributed by atoms with Gasteiger partial charge in [-0.3, -0.25) is 14.4 Å². The van der Waals surface area contributed by atoms with E-state index in [9.17, 15) is 19.5 Å². The minimum Gasteiger partial charge on any atom is -0.465 e. The number of unbranched alkanes of at least 4 members (excludes halogenated alkanes) is 2. The van der Waals surface area contributed by atoms with E-state index in [1.165, 1.54) is 0 Å². The van der Waals surface area contributed by atoms with Crippen LogP contribution in [0, 0.1) is 17.3 Å². The third-order valence-electron chi connectivity index (χ3n) is 8.18. The largest absolute Gasteiger partial charge is 0.465 e. The molecule has 3 heterocycles. The summed E-state index contributed by atoms with van der Waals surface area (Å²) in [5, 5.41) is 9.56. The van der Waals surface area contributed by atoms with Gasteiger partial charge >= 0.3 is 5.97 Å². The number of esters is 1. The molecule has 0 aliphatic carbocycles. The lowest BCUT2D eigenvalue weighted by atomic mass is 9.70. The quantitative estimate of drug-likeness (QED) is 0.207. The summed E-state index contributed by atoms with van der Waals surface area (Å²) in [7, 11) is 0. The van der Waals surface area contributed by atoms with E-state index >= 15 is 0 Å². The highest BCUT2D eigenvalue weighted by atomic mass is 16.6. The number of hydrogen-bond acceptors (Lipinski definition) is 6. The van der Waals surface area contributed by atoms with E-state index in [0.29, 0.717) is 25.8 Å². The van der Waals surface area contributed by atoms with Crippen LogP contribution in [-0.4, -0.2) is 82.3 Å². The van der Waals surface area contributed by atoms with Crippen LogP contribution in [0.25, 0.3) is 0 Å². The van der Waals surface area contributed by atoms with E-state index < -0.39 is 41.1 Å². The van der Waals surface area contributed by atoms with Crippen molar-refractivity contribution in [3.05, 3.63) is 25.3 Å². The number of likely N-dealkylation sites (tertiary alicyclic amines) is 1. The summed E-state index contributed by atoms with van der Waals surface area (Å²) in [5.41, 5.74) is -1.61. The third kappa shape index (κ3) is 5.86. The zero-order chi connectivity index (χ0) is 28.3. The molecule has 3 rings (SSSR count). The molecule has 38 heavy (non-hydrogen) atoms. The van der Waals surface area contributed by atoms with Crippen molar-refractivity contribution in [2.75, 3.05) is 26.3 Å². The summed E-state index contributed by atoms with van der Waals surface area (Å²) in [6.07, 6.45) is 7.79. The predicted molar refractivity (Wildman–Crippen MR) is 146 cm³/mol. The van der Waals surface area contributed by atoms with Gasteiger partial charge in [0, 0.05) is 25.2 Å². The fraction of sp³-hybridized carbons (Fsp3) is 0.767. The van der Waals surface area contributed by atoms with Crippen molar-refractivity contribution in [1.29, 1.82) is 0 Å². The van der Waals surface area contributed by atoms with E-state index in [1.54, 1.807) is 11.0 Å². The van der Waals surface area contributed by atoms with Crippen molar-refractivity contribution in [1.82, 2.24) is 9.80 Å². The molecule has 0 saturated carbocycles. The number of amides is 2. The van der Waals surface area contributed by atoms with Gasteiger partial charge in [-0.05, 0) is 64.2 Å². The predicted octanol–water partition coefficient (Wildman–Crippen LogP) is 3.87. The monoisotopic (exact) mass is 532 g/mol. The van der Waals surface area contributed by atoms with E-state index in [2.05, 4.69) is 33.9 Å². The second-order valence-corrected chi connectivity index (χ2v) is 12.9. The Morgan fingerprint density at radius 1 is 1.18 bits per heavy atom. The van der Waals surface area contributed by atoms with Gasteiger partial charge in [-0.25, -0.2) is 0 Å². The molecule has 3 saturated heterocycles. The van der Waals surface area contributed by atoms with Crippen LogP contribution in [-0.2, 0) is 23.9 Å². The summed E-state index contributed by atoms with van der Waals surface area (Å²) >= 11 is 0. The summed E-state index contributed by atoms with van der Waals surface area (Å²) in [6.45, 7) is 18.9. The zero-order valence-corrected chi connectivity index (χ0v) is 24.0. The Bertz CT molecular complexity index is 909. The smallest absolute Gasteiger partial charge is 0.312 e. The fourth-order valence-corrected chi connectivity index (χ4v) is 7.15. The fourth-order valence-electron chi connectivity index (χ4n) is 7.15. The Balaban J connectivity index is 1.94. The third-order valence-corrected chi connectivity index (χ3v) is 8.18. The molecule has 0 aromatic rings. The Morgan fingerprint density at radius 2 is 1.89 bits per heavy atom. The number of hydrogen-bond donors (Lipinski definition) is 1. The topological polar surface area (TPSA) is 96.4 Å². The summed E-state index contributed by atoms with van der Waals surface area (Å²) < 4.78 is 12.1. The Kier molecular flexibility index (Phi) is 9.51. The lowest BCUT2D eigenvalue weighted by Gasteiger charge is -2.45. The van der Waals surface area contributed by atoms with Crippen LogP contribution in [0.15, 0.2) is 25.3 Å². The summed E-state index contributed by atoms with van der Waals surface area (Å²) in [4.78, 5) is 45.1. The van der Waals surface area contributed by atoms with Crippen LogP contribution in [0.5, 0.6) is 0 Å². The van der Waals surface area contributed by atoms with E-state index in [-0.39, 0.29) is 37.0 Å². The second-order valence-electron chi connectivity index (χ2n) is 12.9. The summed E-state index contributed by atoms with van der Waals surface area (Å²) in [5.74, 6) is -2.34. The Morgan fingerprint density at radius 3 is 2.50 bits per heavy atom. The minimum atomic E-state index is -1.07. The SMILES string of the molecule is C=CCCCCOC(=O)[C@@H]1[C@H]2C(=O)N(CCCO)C(C(=O)N(CC=C)C(C)(C)CC(C)(C)C)C23CC[C@H]1O3. The highest BCUT2D eigenvalue weighted by molar-refractivity contribution is 5.98. The molecule has 2 amide bonds. The molecule has 0 aromatic carbocycles. The van der Waals surface area contributed by atoms with Crippen molar-refractivity contribution in [3.63, 3.8) is 0 Å². The van der Waals surface area contributed by atoms with Gasteiger partial charge in [0.05, 0.1) is 24.5 Å². The first-order valence-corrected chi connectivity index (χ1v) is 14.1. The first kappa shape index (κ1) is 30.4. The van der Waals surface area contributed by atoms with Gasteiger partial charge < -0.3 is 24.4 Å². The standard InChI is InChI=1S/C30H48N2O6/c1-8-10-11-12-19-37-27(36)22-21-14-15-30(38-21)23(22)25(34)31(17-13-18-33)24(30)26(35)32(16-9-2)29(6,7)20-28(3,4)5/h8-9,21-24,33H,1-2,10-20H2,3-7H3/t21-,22+,23+,24?,30?/m1/s1. The molecule has 0 aromatic heterocycles. The number of aliphatic hydroxyl groups is 1. The lowest BCUT2D eigenvalue weighted by Crippen LogP contribution is -2.61. The van der Waals surface area contributed by atoms with E-state index in [1.807, 2.05) is 24.8 Å². The number of rotatable bonds is 14. The van der Waals surface area contributed by atoms with Gasteiger partial charge in [-0.1, -0.05) is 32.9 Å². The molecule has 8 nitrogen and oxygen atoms in total. The van der Waals surface area contributed by atoms with E-state index in [0.717, 1.165) is 25.7 Å². The van der Waals surface area contributed by atoms with Crippen LogP contribution in [0.2, 0.25) is 0 Å². The average molecular weight is 533 g/mol. The minimum absolute atomic E-state index is 0.0328. The van der Waals surface area contributed by atoms with E-state index in [4.69, 9.17) is 9.47 Å². The van der Waals surface area contributed by atoms with Gasteiger partial charge in [0.1, 0.15) is 11.6 Å². The van der Waals surface area contributed by atoms with Crippen molar-refractivity contribution in [2.45, 2.75) is 103 Å². The molecule has 3 aliphatic heterocycles. The number of nitrogens with zero attached hydrogens (tertiary/aromatic N) is 2. The normalized spacial score (nSPS) is 28.4. The van der Waals surface area contributed by atoms with Crippen molar-refractivity contribution in [3.8, 4) is 0 Å². The van der Waals surface area contributed by atoms with Crippen LogP contribution >= 0.6 is 0 Å². The van der Waals surface area contributed by atoms with Crippen molar-refractivity contribution < 1.29 is 29.0 Å². The molecule has 3 fully saturated rings. The highest BCUT2D eigenvalue weighted by Gasteiger charge is 2.75. The van der Waals surface area contributed by atoms with Crippen LogP contribution in [0.1, 0.15) is 79.6 Å². The van der Waals surface area contributed by atoms with Gasteiger partial charge in [0.15, 0.2) is 0 Å². The molecule has 0 radical (unpaired) electrons. The van der Waals surface area contributed by atoms with Crippen molar-refractivity contribution in [2.24, 2.45) is 17.3 Å². The van der Waals surface area contributed by atoms with Crippen LogP contribution < -0.4 is 0 Å². The average Bonchev–Trinajstić information content (AvgIpc) is 3.46. The zero-order valence-electron chi connectivity index (χ0n) is 24.0. The number of ether oxygens (including phenoxy) is 2. The van der Waals surface area contributed by atoms with Crippen LogP contribution in [0.3, 0.4) is 0 Å². The van der Waals surface area contributed by atoms with Gasteiger partial charge in [-0.2, -0.15) is 0 Å². The maximum atomic E-state index is 14.5. The number of carbonyl (C=O) groups is 3. The highest BCUT2D eigenvalue weighted by Crippen LogP contribution is 2.59. The molecular weight excluding hydrogens is 484 g/mol. The number of carbonyl (C=O) groups excluding carboxylic acids is 3. The molecule has 5 atom stereocenters.